The first-order chi connectivity index (χ1) is 9.74. The molecular weight excluding hydrogens is 248 g/mol. The first-order valence-corrected chi connectivity index (χ1v) is 7.19. The van der Waals surface area contributed by atoms with Crippen LogP contribution in [0.25, 0.3) is 0 Å². The van der Waals surface area contributed by atoms with Crippen molar-refractivity contribution in [2.45, 2.75) is 32.0 Å². The highest BCUT2D eigenvalue weighted by Crippen LogP contribution is 2.49. The van der Waals surface area contributed by atoms with E-state index < -0.39 is 0 Å². The van der Waals surface area contributed by atoms with E-state index >= 15 is 0 Å². The molecule has 3 unspecified atom stereocenters. The van der Waals surface area contributed by atoms with Crippen LogP contribution in [0.1, 0.15) is 30.4 Å². The highest BCUT2D eigenvalue weighted by molar-refractivity contribution is 5.33. The molecule has 0 aliphatic heterocycles. The van der Waals surface area contributed by atoms with Gasteiger partial charge in [0.2, 0.25) is 0 Å². The number of aliphatic hydroxyl groups is 1. The molecule has 1 fully saturated rings. The van der Waals surface area contributed by atoms with Crippen molar-refractivity contribution in [3.05, 3.63) is 65.7 Å². The van der Waals surface area contributed by atoms with Crippen LogP contribution < -0.4 is 4.74 Å². The van der Waals surface area contributed by atoms with Crippen molar-refractivity contribution < 1.29 is 9.84 Å². The molecule has 2 heteroatoms. The average Bonchev–Trinajstić information content (AvgIpc) is 3.27. The van der Waals surface area contributed by atoms with Gasteiger partial charge in [-0.2, -0.15) is 0 Å². The Kier molecular flexibility index (Phi) is 3.75. The van der Waals surface area contributed by atoms with Crippen molar-refractivity contribution in [2.24, 2.45) is 5.92 Å². The van der Waals surface area contributed by atoms with E-state index in [1.54, 1.807) is 0 Å². The average molecular weight is 268 g/mol. The van der Waals surface area contributed by atoms with Gasteiger partial charge in [-0.25, -0.2) is 0 Å². The maximum atomic E-state index is 9.56. The number of aliphatic hydroxyl groups excluding tert-OH is 1. The molecule has 0 amide bonds. The minimum absolute atomic E-state index is 0.200. The largest absolute Gasteiger partial charge is 0.489 e. The van der Waals surface area contributed by atoms with Crippen molar-refractivity contribution in [1.29, 1.82) is 0 Å². The van der Waals surface area contributed by atoms with Gasteiger partial charge in [-0.3, -0.25) is 0 Å². The first-order valence-electron chi connectivity index (χ1n) is 7.19. The Balaban J connectivity index is 1.57. The van der Waals surface area contributed by atoms with Crippen LogP contribution in [0.4, 0.5) is 0 Å². The van der Waals surface area contributed by atoms with Gasteiger partial charge in [-0.1, -0.05) is 42.5 Å². The minimum atomic E-state index is -0.200. The number of hydrogen-bond acceptors (Lipinski definition) is 2. The fourth-order valence-electron chi connectivity index (χ4n) is 2.68. The Morgan fingerprint density at radius 2 is 1.80 bits per heavy atom. The molecule has 3 atom stereocenters. The SMILES string of the molecule is CC(O)C1CC1c1ccc(OCc2ccccc2)cc1. The third-order valence-electron chi connectivity index (χ3n) is 4.02. The van der Waals surface area contributed by atoms with Crippen LogP contribution in [-0.4, -0.2) is 11.2 Å². The maximum Gasteiger partial charge on any atom is 0.119 e. The number of hydrogen-bond donors (Lipinski definition) is 1. The molecular formula is C18H20O2. The van der Waals surface area contributed by atoms with Crippen LogP contribution >= 0.6 is 0 Å². The lowest BCUT2D eigenvalue weighted by Gasteiger charge is -2.08. The summed E-state index contributed by atoms with van der Waals surface area (Å²) in [6, 6.07) is 18.5. The van der Waals surface area contributed by atoms with Gasteiger partial charge in [0, 0.05) is 0 Å². The molecule has 1 aliphatic carbocycles. The fraction of sp³-hybridized carbons (Fsp3) is 0.333. The summed E-state index contributed by atoms with van der Waals surface area (Å²) in [5.41, 5.74) is 2.48. The predicted octanol–water partition coefficient (Wildman–Crippen LogP) is 3.75. The predicted molar refractivity (Wildman–Crippen MR) is 79.7 cm³/mol. The van der Waals surface area contributed by atoms with E-state index in [-0.39, 0.29) is 6.10 Å². The molecule has 0 saturated heterocycles. The summed E-state index contributed by atoms with van der Waals surface area (Å²) >= 11 is 0. The van der Waals surface area contributed by atoms with Gasteiger partial charge in [0.15, 0.2) is 0 Å². The highest BCUT2D eigenvalue weighted by atomic mass is 16.5. The summed E-state index contributed by atoms with van der Waals surface area (Å²) in [6.07, 6.45) is 0.899. The third kappa shape index (κ3) is 3.02. The second-order valence-corrected chi connectivity index (χ2v) is 5.59. The molecule has 0 spiro atoms. The number of benzene rings is 2. The molecule has 1 N–H and O–H groups in total. The third-order valence-corrected chi connectivity index (χ3v) is 4.02. The van der Waals surface area contributed by atoms with Gasteiger partial charge >= 0.3 is 0 Å². The number of ether oxygens (including phenoxy) is 1. The maximum absolute atomic E-state index is 9.56. The molecule has 20 heavy (non-hydrogen) atoms. The van der Waals surface area contributed by atoms with E-state index in [1.165, 1.54) is 11.1 Å². The van der Waals surface area contributed by atoms with Crippen molar-refractivity contribution in [2.75, 3.05) is 0 Å². The molecule has 0 heterocycles. The normalized spacial score (nSPS) is 22.3. The van der Waals surface area contributed by atoms with Gasteiger partial charge in [0.1, 0.15) is 12.4 Å². The highest BCUT2D eigenvalue weighted by Gasteiger charge is 2.41. The Morgan fingerprint density at radius 3 is 2.40 bits per heavy atom. The van der Waals surface area contributed by atoms with E-state index in [4.69, 9.17) is 4.74 Å². The standard InChI is InChI=1S/C18H20O2/c1-13(19)17-11-18(17)15-7-9-16(10-8-15)20-12-14-5-3-2-4-6-14/h2-10,13,17-19H,11-12H2,1H3. The summed E-state index contributed by atoms with van der Waals surface area (Å²) in [4.78, 5) is 0. The molecule has 3 rings (SSSR count). The summed E-state index contributed by atoms with van der Waals surface area (Å²) in [5, 5.41) is 9.56. The monoisotopic (exact) mass is 268 g/mol. The molecule has 1 aliphatic rings. The zero-order chi connectivity index (χ0) is 13.9. The molecule has 0 bridgehead atoms. The van der Waals surface area contributed by atoms with Crippen LogP contribution in [0.5, 0.6) is 5.75 Å². The van der Waals surface area contributed by atoms with E-state index in [2.05, 4.69) is 24.3 Å². The van der Waals surface area contributed by atoms with Crippen LogP contribution in [-0.2, 0) is 6.61 Å². The second kappa shape index (κ2) is 5.68. The zero-order valence-electron chi connectivity index (χ0n) is 11.7. The lowest BCUT2D eigenvalue weighted by atomic mass is 10.1. The Bertz CT molecular complexity index is 545. The second-order valence-electron chi connectivity index (χ2n) is 5.59. The Hall–Kier alpha value is -1.80. The summed E-state index contributed by atoms with van der Waals surface area (Å²) < 4.78 is 5.77. The summed E-state index contributed by atoms with van der Waals surface area (Å²) in [5.74, 6) is 1.86. The van der Waals surface area contributed by atoms with Gasteiger partial charge in [-0.15, -0.1) is 0 Å². The van der Waals surface area contributed by atoms with Crippen molar-refractivity contribution in [3.63, 3.8) is 0 Å². The van der Waals surface area contributed by atoms with Crippen molar-refractivity contribution in [3.8, 4) is 5.75 Å². The Labute approximate surface area is 120 Å². The topological polar surface area (TPSA) is 29.5 Å². The molecule has 104 valence electrons. The molecule has 2 aromatic rings. The van der Waals surface area contributed by atoms with Gasteiger partial charge < -0.3 is 9.84 Å². The molecule has 0 radical (unpaired) electrons. The molecule has 2 aromatic carbocycles. The number of rotatable bonds is 5. The summed E-state index contributed by atoms with van der Waals surface area (Å²) in [6.45, 7) is 2.47. The van der Waals surface area contributed by atoms with Gasteiger partial charge in [-0.05, 0) is 48.4 Å². The van der Waals surface area contributed by atoms with E-state index in [0.29, 0.717) is 18.4 Å². The van der Waals surface area contributed by atoms with Crippen LogP contribution in [0.3, 0.4) is 0 Å². The minimum Gasteiger partial charge on any atom is -0.489 e. The molecule has 2 nitrogen and oxygen atoms in total. The van der Waals surface area contributed by atoms with Crippen LogP contribution in [0, 0.1) is 5.92 Å². The smallest absolute Gasteiger partial charge is 0.119 e. The van der Waals surface area contributed by atoms with Gasteiger partial charge in [0.05, 0.1) is 6.10 Å². The lowest BCUT2D eigenvalue weighted by Crippen LogP contribution is -2.03. The van der Waals surface area contributed by atoms with Crippen LogP contribution in [0.15, 0.2) is 54.6 Å². The zero-order valence-corrected chi connectivity index (χ0v) is 11.7. The molecule has 1 saturated carbocycles. The van der Waals surface area contributed by atoms with Crippen molar-refractivity contribution >= 4 is 0 Å². The fourth-order valence-corrected chi connectivity index (χ4v) is 2.68. The quantitative estimate of drug-likeness (QED) is 0.895. The molecule has 0 aromatic heterocycles. The van der Waals surface area contributed by atoms with Gasteiger partial charge in [0.25, 0.3) is 0 Å². The Morgan fingerprint density at radius 1 is 1.10 bits per heavy atom. The first kappa shape index (κ1) is 13.2. The van der Waals surface area contributed by atoms with Crippen molar-refractivity contribution in [1.82, 2.24) is 0 Å². The van der Waals surface area contributed by atoms with E-state index in [1.807, 2.05) is 37.3 Å². The van der Waals surface area contributed by atoms with E-state index in [9.17, 15) is 5.11 Å². The lowest BCUT2D eigenvalue weighted by molar-refractivity contribution is 0.169. The van der Waals surface area contributed by atoms with E-state index in [0.717, 1.165) is 12.2 Å². The summed E-state index contributed by atoms with van der Waals surface area (Å²) in [7, 11) is 0. The van der Waals surface area contributed by atoms with Crippen LogP contribution in [0.2, 0.25) is 0 Å².